The predicted octanol–water partition coefficient (Wildman–Crippen LogP) is 3.03. The van der Waals surface area contributed by atoms with Crippen molar-refractivity contribution in [2.24, 2.45) is 5.92 Å². The van der Waals surface area contributed by atoms with Crippen molar-refractivity contribution in [3.05, 3.63) is 35.9 Å². The number of rotatable bonds is 4. The Hall–Kier alpha value is -1.55. The molecule has 0 aromatic heterocycles. The molecule has 19 heavy (non-hydrogen) atoms. The minimum absolute atomic E-state index is 0.0732. The van der Waals surface area contributed by atoms with Gasteiger partial charge in [0.15, 0.2) is 0 Å². The molecular formula is C15H21NO3. The number of benzene rings is 1. The molecule has 1 saturated carbocycles. The Kier molecular flexibility index (Phi) is 4.80. The van der Waals surface area contributed by atoms with E-state index >= 15 is 0 Å². The van der Waals surface area contributed by atoms with E-state index in [4.69, 9.17) is 9.84 Å². The largest absolute Gasteiger partial charge is 0.465 e. The maximum absolute atomic E-state index is 10.6. The first-order valence-electron chi connectivity index (χ1n) is 6.80. The number of carbonyl (C=O) groups is 1. The minimum atomic E-state index is -0.930. The van der Waals surface area contributed by atoms with Crippen molar-refractivity contribution in [3.63, 3.8) is 0 Å². The lowest BCUT2D eigenvalue weighted by atomic mass is 9.84. The Bertz CT molecular complexity index is 407. The van der Waals surface area contributed by atoms with E-state index in [2.05, 4.69) is 24.4 Å². The molecule has 1 amide bonds. The number of hydrogen-bond donors (Lipinski definition) is 2. The number of ether oxygens (including phenoxy) is 1. The van der Waals surface area contributed by atoms with Gasteiger partial charge < -0.3 is 15.2 Å². The van der Waals surface area contributed by atoms with Crippen LogP contribution in [0.4, 0.5) is 4.79 Å². The lowest BCUT2D eigenvalue weighted by Crippen LogP contribution is -2.41. The van der Waals surface area contributed by atoms with Crippen molar-refractivity contribution < 1.29 is 14.6 Å². The molecule has 2 rings (SSSR count). The van der Waals surface area contributed by atoms with Gasteiger partial charge in [-0.2, -0.15) is 0 Å². The highest BCUT2D eigenvalue weighted by Gasteiger charge is 2.28. The van der Waals surface area contributed by atoms with Crippen LogP contribution in [-0.2, 0) is 11.3 Å². The second-order valence-corrected chi connectivity index (χ2v) is 5.27. The van der Waals surface area contributed by atoms with E-state index in [1.165, 1.54) is 5.56 Å². The number of carboxylic acid groups (broad SMARTS) is 1. The molecule has 1 aliphatic rings. The smallest absolute Gasteiger partial charge is 0.404 e. The lowest BCUT2D eigenvalue weighted by Gasteiger charge is -2.33. The van der Waals surface area contributed by atoms with E-state index in [9.17, 15) is 4.79 Å². The topological polar surface area (TPSA) is 58.6 Å². The zero-order valence-corrected chi connectivity index (χ0v) is 11.2. The monoisotopic (exact) mass is 263 g/mol. The third-order valence-corrected chi connectivity index (χ3v) is 3.73. The fourth-order valence-electron chi connectivity index (χ4n) is 2.70. The first kappa shape index (κ1) is 13.9. The number of nitrogens with one attached hydrogen (secondary N) is 1. The third-order valence-electron chi connectivity index (χ3n) is 3.73. The van der Waals surface area contributed by atoms with Crippen molar-refractivity contribution >= 4 is 6.09 Å². The number of hydrogen-bond acceptors (Lipinski definition) is 2. The van der Waals surface area contributed by atoms with Crippen LogP contribution in [-0.4, -0.2) is 23.3 Å². The van der Waals surface area contributed by atoms with Crippen LogP contribution in [0.1, 0.15) is 31.7 Å². The average Bonchev–Trinajstić information content (AvgIpc) is 2.38. The van der Waals surface area contributed by atoms with Gasteiger partial charge in [0, 0.05) is 6.04 Å². The summed E-state index contributed by atoms with van der Waals surface area (Å²) in [6.07, 6.45) is 1.92. The summed E-state index contributed by atoms with van der Waals surface area (Å²) in [5.41, 5.74) is 1.18. The fraction of sp³-hybridized carbons (Fsp3) is 0.533. The summed E-state index contributed by atoms with van der Waals surface area (Å²) in [5.74, 6) is 0.384. The fourth-order valence-corrected chi connectivity index (χ4v) is 2.70. The zero-order chi connectivity index (χ0) is 13.7. The van der Waals surface area contributed by atoms with Crippen LogP contribution in [0.25, 0.3) is 0 Å². The minimum Gasteiger partial charge on any atom is -0.465 e. The molecule has 1 aromatic rings. The molecule has 1 aliphatic carbocycles. The van der Waals surface area contributed by atoms with Crippen LogP contribution in [0.15, 0.2) is 30.3 Å². The van der Waals surface area contributed by atoms with E-state index < -0.39 is 6.09 Å². The van der Waals surface area contributed by atoms with E-state index in [1.807, 2.05) is 18.2 Å². The molecule has 1 fully saturated rings. The van der Waals surface area contributed by atoms with Crippen molar-refractivity contribution in [1.82, 2.24) is 5.32 Å². The highest BCUT2D eigenvalue weighted by molar-refractivity contribution is 5.64. The molecule has 0 aliphatic heterocycles. The summed E-state index contributed by atoms with van der Waals surface area (Å²) in [6, 6.07) is 10.2. The number of amides is 1. The van der Waals surface area contributed by atoms with E-state index in [0.717, 1.165) is 19.3 Å². The van der Waals surface area contributed by atoms with E-state index in [-0.39, 0.29) is 12.1 Å². The SMILES string of the molecule is CC1CC(NC(=O)O)CCC1OCc1ccccc1. The quantitative estimate of drug-likeness (QED) is 0.877. The first-order valence-corrected chi connectivity index (χ1v) is 6.80. The Morgan fingerprint density at radius 2 is 2.11 bits per heavy atom. The Morgan fingerprint density at radius 3 is 2.74 bits per heavy atom. The van der Waals surface area contributed by atoms with Gasteiger partial charge in [-0.05, 0) is 30.7 Å². The van der Waals surface area contributed by atoms with Gasteiger partial charge in [0.25, 0.3) is 0 Å². The summed E-state index contributed by atoms with van der Waals surface area (Å²) in [6.45, 7) is 2.76. The molecule has 4 nitrogen and oxygen atoms in total. The maximum Gasteiger partial charge on any atom is 0.404 e. The standard InChI is InChI=1S/C15H21NO3/c1-11-9-13(16-15(17)18)7-8-14(11)19-10-12-5-3-2-4-6-12/h2-6,11,13-14,16H,7-10H2,1H3,(H,17,18). The summed E-state index contributed by atoms with van der Waals surface area (Å²) in [5, 5.41) is 11.3. The maximum atomic E-state index is 10.6. The molecule has 3 unspecified atom stereocenters. The molecule has 0 bridgehead atoms. The van der Waals surface area contributed by atoms with Crippen LogP contribution in [0.2, 0.25) is 0 Å². The Morgan fingerprint density at radius 1 is 1.37 bits per heavy atom. The Labute approximate surface area is 113 Å². The molecule has 0 heterocycles. The van der Waals surface area contributed by atoms with Gasteiger partial charge in [-0.15, -0.1) is 0 Å². The second kappa shape index (κ2) is 6.57. The summed E-state index contributed by atoms with van der Waals surface area (Å²) in [4.78, 5) is 10.6. The third kappa shape index (κ3) is 4.24. The highest BCUT2D eigenvalue weighted by Crippen LogP contribution is 2.27. The molecule has 0 radical (unpaired) electrons. The van der Waals surface area contributed by atoms with Crippen LogP contribution in [0.3, 0.4) is 0 Å². The van der Waals surface area contributed by atoms with Crippen molar-refractivity contribution in [3.8, 4) is 0 Å². The van der Waals surface area contributed by atoms with Crippen LogP contribution < -0.4 is 5.32 Å². The van der Waals surface area contributed by atoms with Gasteiger partial charge >= 0.3 is 6.09 Å². The van der Waals surface area contributed by atoms with Crippen LogP contribution in [0, 0.1) is 5.92 Å². The van der Waals surface area contributed by atoms with Gasteiger partial charge in [0.2, 0.25) is 0 Å². The van der Waals surface area contributed by atoms with Crippen LogP contribution in [0.5, 0.6) is 0 Å². The zero-order valence-electron chi connectivity index (χ0n) is 11.2. The molecule has 0 saturated heterocycles. The van der Waals surface area contributed by atoms with Gasteiger partial charge in [-0.25, -0.2) is 4.79 Å². The molecule has 2 N–H and O–H groups in total. The van der Waals surface area contributed by atoms with Gasteiger partial charge in [-0.3, -0.25) is 0 Å². The van der Waals surface area contributed by atoms with Gasteiger partial charge in [-0.1, -0.05) is 37.3 Å². The first-order chi connectivity index (χ1) is 9.15. The lowest BCUT2D eigenvalue weighted by molar-refractivity contribution is -0.0213. The normalized spacial score (nSPS) is 26.9. The van der Waals surface area contributed by atoms with Crippen LogP contribution >= 0.6 is 0 Å². The molecule has 0 spiro atoms. The Balaban J connectivity index is 1.78. The van der Waals surface area contributed by atoms with Crippen molar-refractivity contribution in [2.45, 2.75) is 44.9 Å². The molecule has 104 valence electrons. The molecule has 4 heteroatoms. The summed E-state index contributed by atoms with van der Waals surface area (Å²) in [7, 11) is 0. The van der Waals surface area contributed by atoms with E-state index in [1.54, 1.807) is 0 Å². The van der Waals surface area contributed by atoms with E-state index in [0.29, 0.717) is 12.5 Å². The second-order valence-electron chi connectivity index (χ2n) is 5.27. The van der Waals surface area contributed by atoms with Gasteiger partial charge in [0.05, 0.1) is 12.7 Å². The summed E-state index contributed by atoms with van der Waals surface area (Å²) >= 11 is 0. The average molecular weight is 263 g/mol. The summed E-state index contributed by atoms with van der Waals surface area (Å²) < 4.78 is 5.96. The van der Waals surface area contributed by atoms with Gasteiger partial charge in [0.1, 0.15) is 0 Å². The predicted molar refractivity (Wildman–Crippen MR) is 73.0 cm³/mol. The van der Waals surface area contributed by atoms with Crippen molar-refractivity contribution in [1.29, 1.82) is 0 Å². The molecular weight excluding hydrogens is 242 g/mol. The highest BCUT2D eigenvalue weighted by atomic mass is 16.5. The molecule has 3 atom stereocenters. The van der Waals surface area contributed by atoms with Crippen molar-refractivity contribution in [2.75, 3.05) is 0 Å². The molecule has 1 aromatic carbocycles.